The fourth-order valence-electron chi connectivity index (χ4n) is 3.21. The van der Waals surface area contributed by atoms with E-state index >= 15 is 0 Å². The molecule has 1 N–H and O–H groups in total. The third-order valence-electron chi connectivity index (χ3n) is 4.59. The summed E-state index contributed by atoms with van der Waals surface area (Å²) in [7, 11) is 0.155. The van der Waals surface area contributed by atoms with Gasteiger partial charge in [0.15, 0.2) is 0 Å². The van der Waals surface area contributed by atoms with Crippen LogP contribution in [0.4, 0.5) is 5.69 Å². The molecule has 9 heteroatoms. The fraction of sp³-hybridized carbons (Fsp3) is 0.200. The van der Waals surface area contributed by atoms with Crippen LogP contribution in [0.3, 0.4) is 0 Å². The Labute approximate surface area is 189 Å². The van der Waals surface area contributed by atoms with E-state index in [2.05, 4.69) is 22.6 Å². The van der Waals surface area contributed by atoms with Crippen LogP contribution < -0.4 is 9.55 Å². The van der Waals surface area contributed by atoms with Gasteiger partial charge in [-0.3, -0.25) is 0 Å². The number of aromatic nitrogens is 1. The quantitative estimate of drug-likeness (QED) is 0.334. The summed E-state index contributed by atoms with van der Waals surface area (Å²) >= 11 is 7.98. The van der Waals surface area contributed by atoms with Crippen LogP contribution in [0.15, 0.2) is 60.3 Å². The van der Waals surface area contributed by atoms with Crippen LogP contribution in [-0.2, 0) is 17.8 Å². The van der Waals surface area contributed by atoms with Gasteiger partial charge in [0.2, 0.25) is 0 Å². The fourth-order valence-corrected chi connectivity index (χ4v) is 4.19. The molecule has 0 radical (unpaired) electrons. The van der Waals surface area contributed by atoms with Crippen molar-refractivity contribution in [2.24, 2.45) is 0 Å². The van der Waals surface area contributed by atoms with Gasteiger partial charge in [-0.2, -0.15) is 0 Å². The van der Waals surface area contributed by atoms with Gasteiger partial charge in [0.05, 0.1) is 0 Å². The molecule has 1 aromatic heterocycles. The zero-order chi connectivity index (χ0) is 20.8. The van der Waals surface area contributed by atoms with E-state index in [0.717, 1.165) is 32.9 Å². The molecule has 29 heavy (non-hydrogen) atoms. The van der Waals surface area contributed by atoms with Crippen molar-refractivity contribution in [3.8, 4) is 5.75 Å². The Morgan fingerprint density at radius 3 is 2.76 bits per heavy atom. The molecule has 0 amide bonds. The van der Waals surface area contributed by atoms with Gasteiger partial charge in [-0.15, -0.1) is 0 Å². The molecular weight excluding hydrogens is 500 g/mol. The molecule has 0 spiro atoms. The second-order valence-electron chi connectivity index (χ2n) is 6.53. The summed E-state index contributed by atoms with van der Waals surface area (Å²) < 4.78 is 20.2. The first-order valence-corrected chi connectivity index (χ1v) is 10.7. The summed E-state index contributed by atoms with van der Waals surface area (Å²) in [4.78, 5) is 1.84. The molecule has 0 bridgehead atoms. The van der Waals surface area contributed by atoms with Crippen LogP contribution in [0, 0.1) is 3.57 Å². The van der Waals surface area contributed by atoms with E-state index in [4.69, 9.17) is 16.3 Å². The van der Waals surface area contributed by atoms with E-state index < -0.39 is 7.05 Å². The maximum atomic E-state index is 11.1. The number of nitrogens with zero attached hydrogens (tertiary/aromatic N) is 2. The molecule has 0 aliphatic rings. The minimum atomic E-state index is -0.715. The third-order valence-corrected chi connectivity index (χ3v) is 5.90. The molecule has 5 nitrogen and oxygen atoms in total. The minimum absolute atomic E-state index is 0.246. The summed E-state index contributed by atoms with van der Waals surface area (Å²) in [6.07, 6.45) is 3.90. The van der Waals surface area contributed by atoms with Gasteiger partial charge < -0.3 is 0 Å². The number of halogens is 2. The first-order chi connectivity index (χ1) is 14.1. The van der Waals surface area contributed by atoms with Crippen LogP contribution in [0.2, 0.25) is 6.82 Å². The van der Waals surface area contributed by atoms with Gasteiger partial charge in [0, 0.05) is 0 Å². The zero-order valence-corrected chi connectivity index (χ0v) is 18.9. The summed E-state index contributed by atoms with van der Waals surface area (Å²) in [6.45, 7) is 2.57. The Morgan fingerprint density at radius 2 is 2.10 bits per heavy atom. The SMILES string of the molecule is CB(O)N(C/C=C/Cl)c1cc(OCc2ccccc2)c2c(ccn2CB=O)c1I. The van der Waals surface area contributed by atoms with Crippen LogP contribution in [0.5, 0.6) is 5.75 Å². The van der Waals surface area contributed by atoms with Gasteiger partial charge in [-0.1, -0.05) is 0 Å². The second kappa shape index (κ2) is 10.3. The van der Waals surface area contributed by atoms with Crippen molar-refractivity contribution < 1.29 is 14.5 Å². The van der Waals surface area contributed by atoms with E-state index in [1.165, 1.54) is 5.54 Å². The van der Waals surface area contributed by atoms with E-state index in [9.17, 15) is 9.73 Å². The maximum absolute atomic E-state index is 11.1. The van der Waals surface area contributed by atoms with Crippen molar-refractivity contribution in [1.29, 1.82) is 0 Å². The van der Waals surface area contributed by atoms with Crippen molar-refractivity contribution >= 4 is 65.0 Å². The van der Waals surface area contributed by atoms with E-state index in [1.807, 2.05) is 58.0 Å². The monoisotopic (exact) mass is 520 g/mol. The van der Waals surface area contributed by atoms with Crippen molar-refractivity contribution in [3.05, 3.63) is 69.4 Å². The van der Waals surface area contributed by atoms with Gasteiger partial charge in [0.1, 0.15) is 0 Å². The summed E-state index contributed by atoms with van der Waals surface area (Å²) in [5.74, 6) is 0.659. The second-order valence-corrected chi connectivity index (χ2v) is 7.86. The topological polar surface area (TPSA) is 54.7 Å². The van der Waals surface area contributed by atoms with Crippen molar-refractivity contribution in [1.82, 2.24) is 4.57 Å². The number of hydrogen-bond donors (Lipinski definition) is 1. The molecule has 0 atom stereocenters. The van der Waals surface area contributed by atoms with Gasteiger partial charge in [-0.05, 0) is 0 Å². The molecular formula is C20H20B2ClIN2O3. The molecule has 3 aromatic rings. The Morgan fingerprint density at radius 1 is 1.34 bits per heavy atom. The average Bonchev–Trinajstić information content (AvgIpc) is 3.14. The van der Waals surface area contributed by atoms with Crippen LogP contribution in [0.1, 0.15) is 5.56 Å². The van der Waals surface area contributed by atoms with Crippen molar-refractivity contribution in [3.63, 3.8) is 0 Å². The summed E-state index contributed by atoms with van der Waals surface area (Å²) in [5, 5.41) is 11.3. The Bertz CT molecular complexity index is 1010. The molecule has 0 aliphatic heterocycles. The predicted octanol–water partition coefficient (Wildman–Crippen LogP) is 4.50. The molecule has 1 heterocycles. The molecule has 0 unspecified atom stereocenters. The number of rotatable bonds is 9. The van der Waals surface area contributed by atoms with Crippen LogP contribution in [0.25, 0.3) is 10.9 Å². The van der Waals surface area contributed by atoms with Gasteiger partial charge >= 0.3 is 190 Å². The Balaban J connectivity index is 2.10. The summed E-state index contributed by atoms with van der Waals surface area (Å²) in [6, 6.07) is 13.8. The third kappa shape index (κ3) is 5.05. The predicted molar refractivity (Wildman–Crippen MR) is 128 cm³/mol. The Kier molecular flexibility index (Phi) is 7.80. The number of anilines is 1. The Hall–Kier alpha value is -1.77. The standard InChI is InChI=1S/C20H20B2ClIN2O3/c1-22(28)26(10-5-9-23)17-12-18(29-13-15-6-3-2-4-7-15)20-16(19(17)24)8-11-25(20)14-21-27/h2-9,11-12,28H,10,13-14H2,1H3/b9-5+. The van der Waals surface area contributed by atoms with Gasteiger partial charge in [-0.25, -0.2) is 0 Å². The van der Waals surface area contributed by atoms with Gasteiger partial charge in [0.25, 0.3) is 0 Å². The molecule has 2 aromatic carbocycles. The van der Waals surface area contributed by atoms with Crippen molar-refractivity contribution in [2.75, 3.05) is 11.4 Å². The number of hydrogen-bond acceptors (Lipinski definition) is 4. The molecule has 3 rings (SSSR count). The molecule has 148 valence electrons. The van der Waals surface area contributed by atoms with E-state index in [-0.39, 0.29) is 6.44 Å². The van der Waals surface area contributed by atoms with Crippen LogP contribution >= 0.6 is 34.2 Å². The van der Waals surface area contributed by atoms with E-state index in [1.54, 1.807) is 12.9 Å². The number of fused-ring (bicyclic) bond motifs is 1. The zero-order valence-electron chi connectivity index (χ0n) is 16.0. The first kappa shape index (κ1) is 21.9. The average molecular weight is 520 g/mol. The molecule has 0 saturated heterocycles. The first-order valence-electron chi connectivity index (χ1n) is 9.18. The number of benzene rings is 2. The summed E-state index contributed by atoms with van der Waals surface area (Å²) in [5.41, 5.74) is 4.19. The molecule has 0 saturated carbocycles. The van der Waals surface area contributed by atoms with E-state index in [0.29, 0.717) is 18.9 Å². The normalized spacial score (nSPS) is 11.0. The van der Waals surface area contributed by atoms with Crippen LogP contribution in [-0.4, -0.2) is 30.3 Å². The number of ether oxygens (including phenoxy) is 1. The van der Waals surface area contributed by atoms with Crippen molar-refractivity contribution in [2.45, 2.75) is 19.9 Å². The molecule has 0 fully saturated rings. The molecule has 0 aliphatic carbocycles.